The van der Waals surface area contributed by atoms with Crippen LogP contribution in [-0.4, -0.2) is 34.1 Å². The summed E-state index contributed by atoms with van der Waals surface area (Å²) in [6.45, 7) is 5.09. The first kappa shape index (κ1) is 27.6. The van der Waals surface area contributed by atoms with Crippen LogP contribution in [0.15, 0.2) is 91.0 Å². The summed E-state index contributed by atoms with van der Waals surface area (Å²) in [7, 11) is -3.24. The van der Waals surface area contributed by atoms with Gasteiger partial charge in [0.15, 0.2) is 7.26 Å². The van der Waals surface area contributed by atoms with Gasteiger partial charge in [0, 0.05) is 6.42 Å². The number of rotatable bonds is 11. The molecule has 3 rings (SSSR count). The molecule has 0 heterocycles. The number of esters is 1. The second-order valence-corrected chi connectivity index (χ2v) is 13.7. The average molecular weight is 526 g/mol. The Morgan fingerprint density at radius 1 is 0.778 bits per heavy atom. The topological polar surface area (TPSA) is 80.7 Å². The van der Waals surface area contributed by atoms with E-state index in [-0.39, 0.29) is 19.4 Å². The van der Waals surface area contributed by atoms with Gasteiger partial charge in [0.05, 0.1) is 13.0 Å². The number of benzene rings is 3. The number of aliphatic carboxylic acids is 1. The maximum atomic E-state index is 14.3. The van der Waals surface area contributed by atoms with Crippen LogP contribution in [0.2, 0.25) is 0 Å². The summed E-state index contributed by atoms with van der Waals surface area (Å²) in [5, 5.41) is 11.7. The Hall–Kier alpha value is -3.01. The fourth-order valence-corrected chi connectivity index (χ4v) is 10.2. The SMILES string of the molecule is CCOC(=O)C(Cl)(C(=O)CC(C)(C)CC(=O)O)[P+](c1ccccc1)(c1ccccc1)c1ccccc1. The highest BCUT2D eigenvalue weighted by atomic mass is 35.5. The van der Waals surface area contributed by atoms with Crippen LogP contribution in [0.25, 0.3) is 0 Å². The molecule has 0 saturated heterocycles. The van der Waals surface area contributed by atoms with Crippen molar-refractivity contribution >= 4 is 52.5 Å². The minimum atomic E-state index is -3.24. The number of carboxylic acid groups (broad SMARTS) is 1. The van der Waals surface area contributed by atoms with E-state index in [2.05, 4.69) is 0 Å². The first-order chi connectivity index (χ1) is 17.1. The Kier molecular flexibility index (Phi) is 8.71. The largest absolute Gasteiger partial charge is 0.481 e. The van der Waals surface area contributed by atoms with Gasteiger partial charge in [-0.3, -0.25) is 9.59 Å². The second-order valence-electron chi connectivity index (χ2n) is 9.35. The summed E-state index contributed by atoms with van der Waals surface area (Å²) in [4.78, 5) is 39.8. The molecule has 1 unspecified atom stereocenters. The Labute approximate surface area is 217 Å². The molecule has 3 aromatic carbocycles. The number of carbonyl (C=O) groups excluding carboxylic acids is 2. The first-order valence-electron chi connectivity index (χ1n) is 11.8. The molecule has 1 atom stereocenters. The lowest BCUT2D eigenvalue weighted by Crippen LogP contribution is -2.55. The zero-order valence-corrected chi connectivity index (χ0v) is 22.3. The molecule has 5 nitrogen and oxygen atoms in total. The van der Waals surface area contributed by atoms with Gasteiger partial charge in [-0.2, -0.15) is 0 Å². The van der Waals surface area contributed by atoms with E-state index in [0.29, 0.717) is 0 Å². The minimum absolute atomic E-state index is 0.0392. The smallest absolute Gasteiger partial charge is 0.375 e. The van der Waals surface area contributed by atoms with E-state index in [4.69, 9.17) is 16.3 Å². The van der Waals surface area contributed by atoms with Gasteiger partial charge >= 0.3 is 16.6 Å². The van der Waals surface area contributed by atoms with E-state index >= 15 is 0 Å². The van der Waals surface area contributed by atoms with Crippen molar-refractivity contribution in [3.8, 4) is 0 Å². The molecular formula is C29H31ClO5P+. The molecule has 0 aliphatic rings. The molecular weight excluding hydrogens is 495 g/mol. The lowest BCUT2D eigenvalue weighted by Gasteiger charge is -2.38. The van der Waals surface area contributed by atoms with Gasteiger partial charge in [-0.1, -0.05) is 80.0 Å². The maximum absolute atomic E-state index is 14.3. The summed E-state index contributed by atoms with van der Waals surface area (Å²) in [6, 6.07) is 28.1. The molecule has 0 amide bonds. The summed E-state index contributed by atoms with van der Waals surface area (Å²) in [5.74, 6) is -2.41. The summed E-state index contributed by atoms with van der Waals surface area (Å²) in [6.07, 6.45) is -0.460. The Bertz CT molecular complexity index is 1100. The van der Waals surface area contributed by atoms with Gasteiger partial charge in [-0.05, 0) is 48.7 Å². The quantitative estimate of drug-likeness (QED) is 0.166. The van der Waals surface area contributed by atoms with Gasteiger partial charge in [-0.15, -0.1) is 0 Å². The highest BCUT2D eigenvalue weighted by Crippen LogP contribution is 2.69. The highest BCUT2D eigenvalue weighted by Gasteiger charge is 2.72. The molecule has 7 heteroatoms. The fraction of sp³-hybridized carbons (Fsp3) is 0.276. The maximum Gasteiger partial charge on any atom is 0.375 e. The van der Waals surface area contributed by atoms with E-state index in [0.717, 1.165) is 15.9 Å². The van der Waals surface area contributed by atoms with Gasteiger partial charge < -0.3 is 9.84 Å². The predicted octanol–water partition coefficient (Wildman–Crippen LogP) is 4.94. The summed E-state index contributed by atoms with van der Waals surface area (Å²) < 4.78 is 3.39. The van der Waals surface area contributed by atoms with Crippen molar-refractivity contribution in [2.24, 2.45) is 5.41 Å². The molecule has 0 fully saturated rings. The van der Waals surface area contributed by atoms with Crippen LogP contribution in [-0.2, 0) is 19.1 Å². The van der Waals surface area contributed by atoms with Gasteiger partial charge in [0.1, 0.15) is 15.9 Å². The zero-order chi connectivity index (χ0) is 26.4. The van der Waals surface area contributed by atoms with E-state index in [9.17, 15) is 19.5 Å². The molecule has 0 spiro atoms. The van der Waals surface area contributed by atoms with Crippen molar-refractivity contribution in [1.82, 2.24) is 0 Å². The van der Waals surface area contributed by atoms with Crippen LogP contribution in [0, 0.1) is 5.41 Å². The van der Waals surface area contributed by atoms with Crippen LogP contribution in [0.4, 0.5) is 0 Å². The number of halogens is 1. The van der Waals surface area contributed by atoms with Crippen LogP contribution < -0.4 is 15.9 Å². The molecule has 0 aliphatic heterocycles. The lowest BCUT2D eigenvalue weighted by atomic mass is 9.83. The van der Waals surface area contributed by atoms with Gasteiger partial charge in [0.25, 0.3) is 0 Å². The van der Waals surface area contributed by atoms with Crippen LogP contribution in [0.5, 0.6) is 0 Å². The third-order valence-corrected chi connectivity index (χ3v) is 11.8. The molecule has 1 N–H and O–H groups in total. The predicted molar refractivity (Wildman–Crippen MR) is 146 cm³/mol. The average Bonchev–Trinajstić information content (AvgIpc) is 2.85. The number of carbonyl (C=O) groups is 3. The van der Waals surface area contributed by atoms with Crippen LogP contribution in [0.1, 0.15) is 33.6 Å². The molecule has 0 saturated carbocycles. The van der Waals surface area contributed by atoms with Gasteiger partial charge in [-0.25, -0.2) is 4.79 Å². The first-order valence-corrected chi connectivity index (χ1v) is 13.9. The zero-order valence-electron chi connectivity index (χ0n) is 20.7. The van der Waals surface area contributed by atoms with Crippen LogP contribution >= 0.6 is 18.9 Å². The molecule has 0 radical (unpaired) electrons. The third kappa shape index (κ3) is 5.23. The molecule has 0 aromatic heterocycles. The molecule has 0 bridgehead atoms. The monoisotopic (exact) mass is 525 g/mol. The van der Waals surface area contributed by atoms with Crippen molar-refractivity contribution < 1.29 is 24.2 Å². The minimum Gasteiger partial charge on any atom is -0.481 e. The molecule has 36 heavy (non-hydrogen) atoms. The van der Waals surface area contributed by atoms with E-state index in [1.807, 2.05) is 91.0 Å². The van der Waals surface area contributed by atoms with Crippen LogP contribution in [0.3, 0.4) is 0 Å². The number of alkyl halides is 1. The lowest BCUT2D eigenvalue weighted by molar-refractivity contribution is -0.146. The summed E-state index contributed by atoms with van der Waals surface area (Å²) in [5.41, 5.74) is -0.935. The number of hydrogen-bond acceptors (Lipinski definition) is 4. The number of ether oxygens (including phenoxy) is 1. The molecule has 188 valence electrons. The standard InChI is InChI=1S/C29H30ClO5P/c1-4-35-27(34)29(30,25(31)20-28(2,3)21-26(32)33)36(22-14-8-5-9-15-22,23-16-10-6-11-17-23)24-18-12-7-13-19-24/h5-19H,4,20-21H2,1-3H3/p+1. The molecule has 0 aliphatic carbocycles. The van der Waals surface area contributed by atoms with E-state index in [1.54, 1.807) is 20.8 Å². The number of carboxylic acids is 1. The molecule has 3 aromatic rings. The van der Waals surface area contributed by atoms with Crippen molar-refractivity contribution in [1.29, 1.82) is 0 Å². The van der Waals surface area contributed by atoms with E-state index in [1.165, 1.54) is 0 Å². The Balaban J connectivity index is 2.44. The summed E-state index contributed by atoms with van der Waals surface area (Å²) >= 11 is 7.47. The van der Waals surface area contributed by atoms with Gasteiger partial charge in [0.2, 0.25) is 5.78 Å². The van der Waals surface area contributed by atoms with Crippen molar-refractivity contribution in [2.45, 2.75) is 38.2 Å². The van der Waals surface area contributed by atoms with Crippen molar-refractivity contribution in [3.05, 3.63) is 91.0 Å². The van der Waals surface area contributed by atoms with Crippen molar-refractivity contribution in [2.75, 3.05) is 6.61 Å². The van der Waals surface area contributed by atoms with E-state index < -0.39 is 35.0 Å². The Morgan fingerprint density at radius 3 is 1.50 bits per heavy atom. The highest BCUT2D eigenvalue weighted by molar-refractivity contribution is 7.99. The fourth-order valence-electron chi connectivity index (χ4n) is 4.62. The Morgan fingerprint density at radius 2 is 1.17 bits per heavy atom. The number of ketones is 1. The van der Waals surface area contributed by atoms with Crippen molar-refractivity contribution in [3.63, 3.8) is 0 Å². The normalized spacial score (nSPS) is 13.4. The number of hydrogen-bond donors (Lipinski definition) is 1. The second kappa shape index (κ2) is 11.4. The number of Topliss-reactive ketones (excluding diaryl/α,β-unsaturated/α-hetero) is 1. The third-order valence-electron chi connectivity index (χ3n) is 6.08.